The van der Waals surface area contributed by atoms with Crippen molar-refractivity contribution in [2.75, 3.05) is 0 Å². The van der Waals surface area contributed by atoms with Gasteiger partial charge in [0.2, 0.25) is 0 Å². The van der Waals surface area contributed by atoms with E-state index in [9.17, 15) is 9.90 Å². The standard InChI is InChI=1S/C18H15NO2/c1-13-7-9-15(10-8-13)19-12-11-16(18(20)21)17(19)14-5-3-2-4-6-14/h2-12H,1H3,(H,20,21). The van der Waals surface area contributed by atoms with Crippen LogP contribution in [-0.2, 0) is 0 Å². The van der Waals surface area contributed by atoms with Crippen molar-refractivity contribution >= 4 is 5.97 Å². The predicted molar refractivity (Wildman–Crippen MR) is 82.9 cm³/mol. The molecule has 2 aromatic carbocycles. The summed E-state index contributed by atoms with van der Waals surface area (Å²) in [5.41, 5.74) is 4.02. The van der Waals surface area contributed by atoms with E-state index < -0.39 is 5.97 Å². The lowest BCUT2D eigenvalue weighted by molar-refractivity contribution is 0.0698. The molecule has 1 N–H and O–H groups in total. The topological polar surface area (TPSA) is 42.2 Å². The Labute approximate surface area is 123 Å². The van der Waals surface area contributed by atoms with Gasteiger partial charge in [0.1, 0.15) is 0 Å². The smallest absolute Gasteiger partial charge is 0.337 e. The summed E-state index contributed by atoms with van der Waals surface area (Å²) < 4.78 is 1.91. The Morgan fingerprint density at radius 2 is 1.62 bits per heavy atom. The SMILES string of the molecule is Cc1ccc(-n2ccc(C(=O)O)c2-c2ccccc2)cc1. The number of benzene rings is 2. The quantitative estimate of drug-likeness (QED) is 0.781. The van der Waals surface area contributed by atoms with Gasteiger partial charge in [0.05, 0.1) is 11.3 Å². The summed E-state index contributed by atoms with van der Waals surface area (Å²) >= 11 is 0. The second-order valence-electron chi connectivity index (χ2n) is 4.95. The van der Waals surface area contributed by atoms with Crippen molar-refractivity contribution in [3.05, 3.63) is 78.0 Å². The molecular weight excluding hydrogens is 262 g/mol. The molecule has 0 amide bonds. The lowest BCUT2D eigenvalue weighted by atomic mass is 10.1. The molecule has 0 aliphatic rings. The third-order valence-corrected chi connectivity index (χ3v) is 3.48. The molecule has 0 fully saturated rings. The zero-order valence-corrected chi connectivity index (χ0v) is 11.7. The largest absolute Gasteiger partial charge is 0.478 e. The van der Waals surface area contributed by atoms with Gasteiger partial charge in [-0.25, -0.2) is 4.79 Å². The molecule has 1 aromatic heterocycles. The van der Waals surface area contributed by atoms with Crippen LogP contribution in [0.3, 0.4) is 0 Å². The average Bonchev–Trinajstić information content (AvgIpc) is 2.94. The van der Waals surface area contributed by atoms with Gasteiger partial charge in [-0.2, -0.15) is 0 Å². The van der Waals surface area contributed by atoms with Gasteiger partial charge < -0.3 is 9.67 Å². The number of carbonyl (C=O) groups is 1. The summed E-state index contributed by atoms with van der Waals surface area (Å²) in [6, 6.07) is 19.3. The summed E-state index contributed by atoms with van der Waals surface area (Å²) in [6.07, 6.45) is 1.80. The summed E-state index contributed by atoms with van der Waals surface area (Å²) in [6.45, 7) is 2.03. The summed E-state index contributed by atoms with van der Waals surface area (Å²) in [5, 5.41) is 9.42. The lowest BCUT2D eigenvalue weighted by Gasteiger charge is -2.11. The fourth-order valence-electron chi connectivity index (χ4n) is 2.42. The number of hydrogen-bond acceptors (Lipinski definition) is 1. The van der Waals surface area contributed by atoms with Crippen LogP contribution in [0.15, 0.2) is 66.9 Å². The van der Waals surface area contributed by atoms with Crippen LogP contribution >= 0.6 is 0 Å². The number of hydrogen-bond donors (Lipinski definition) is 1. The molecule has 3 heteroatoms. The number of aromatic nitrogens is 1. The number of carboxylic acid groups (broad SMARTS) is 1. The Kier molecular flexibility index (Phi) is 3.32. The van der Waals surface area contributed by atoms with Crippen molar-refractivity contribution in [2.45, 2.75) is 6.92 Å². The average molecular weight is 277 g/mol. The van der Waals surface area contributed by atoms with Crippen LogP contribution < -0.4 is 0 Å². The fourth-order valence-corrected chi connectivity index (χ4v) is 2.42. The second kappa shape index (κ2) is 5.29. The molecule has 3 nitrogen and oxygen atoms in total. The maximum atomic E-state index is 11.5. The predicted octanol–water partition coefficient (Wildman–Crippen LogP) is 4.15. The van der Waals surface area contributed by atoms with E-state index in [1.54, 1.807) is 12.3 Å². The molecular formula is C18H15NO2. The van der Waals surface area contributed by atoms with E-state index in [0.29, 0.717) is 11.3 Å². The Balaban J connectivity index is 2.22. The molecule has 3 aromatic rings. The Bertz CT molecular complexity index is 771. The molecule has 0 saturated heterocycles. The molecule has 0 unspecified atom stereocenters. The van der Waals surface area contributed by atoms with Crippen molar-refractivity contribution < 1.29 is 9.90 Å². The third kappa shape index (κ3) is 2.46. The molecule has 0 bridgehead atoms. The van der Waals surface area contributed by atoms with E-state index in [4.69, 9.17) is 0 Å². The molecule has 0 atom stereocenters. The zero-order valence-electron chi connectivity index (χ0n) is 11.7. The van der Waals surface area contributed by atoms with Crippen molar-refractivity contribution in [1.29, 1.82) is 0 Å². The van der Waals surface area contributed by atoms with E-state index >= 15 is 0 Å². The molecule has 0 spiro atoms. The molecule has 0 saturated carbocycles. The van der Waals surface area contributed by atoms with Gasteiger partial charge >= 0.3 is 5.97 Å². The van der Waals surface area contributed by atoms with Crippen molar-refractivity contribution in [3.8, 4) is 16.9 Å². The van der Waals surface area contributed by atoms with Gasteiger partial charge in [-0.3, -0.25) is 0 Å². The highest BCUT2D eigenvalue weighted by molar-refractivity contribution is 5.95. The van der Waals surface area contributed by atoms with Crippen LogP contribution in [0.1, 0.15) is 15.9 Å². The minimum Gasteiger partial charge on any atom is -0.478 e. The second-order valence-corrected chi connectivity index (χ2v) is 4.95. The number of nitrogens with zero attached hydrogens (tertiary/aromatic N) is 1. The highest BCUT2D eigenvalue weighted by atomic mass is 16.4. The highest BCUT2D eigenvalue weighted by Crippen LogP contribution is 2.28. The maximum Gasteiger partial charge on any atom is 0.337 e. The maximum absolute atomic E-state index is 11.5. The first-order chi connectivity index (χ1) is 10.2. The van der Waals surface area contributed by atoms with Crippen LogP contribution in [0.4, 0.5) is 0 Å². The van der Waals surface area contributed by atoms with Crippen LogP contribution in [0.2, 0.25) is 0 Å². The molecule has 0 radical (unpaired) electrons. The summed E-state index contributed by atoms with van der Waals surface area (Å²) in [5.74, 6) is -0.917. The number of aryl methyl sites for hydroxylation is 1. The van der Waals surface area contributed by atoms with Gasteiger partial charge in [0, 0.05) is 11.9 Å². The normalized spacial score (nSPS) is 10.5. The number of carboxylic acids is 1. The van der Waals surface area contributed by atoms with E-state index in [1.807, 2.05) is 66.1 Å². The van der Waals surface area contributed by atoms with E-state index in [-0.39, 0.29) is 0 Å². The van der Waals surface area contributed by atoms with Gasteiger partial charge in [-0.15, -0.1) is 0 Å². The van der Waals surface area contributed by atoms with Gasteiger partial charge in [0.15, 0.2) is 0 Å². The van der Waals surface area contributed by atoms with E-state index in [0.717, 1.165) is 11.3 Å². The highest BCUT2D eigenvalue weighted by Gasteiger charge is 2.17. The molecule has 0 aliphatic carbocycles. The summed E-state index contributed by atoms with van der Waals surface area (Å²) in [7, 11) is 0. The minimum absolute atomic E-state index is 0.307. The Hall–Kier alpha value is -2.81. The van der Waals surface area contributed by atoms with Crippen molar-refractivity contribution in [3.63, 3.8) is 0 Å². The number of aromatic carboxylic acids is 1. The van der Waals surface area contributed by atoms with Crippen LogP contribution in [0.5, 0.6) is 0 Å². The molecule has 21 heavy (non-hydrogen) atoms. The van der Waals surface area contributed by atoms with E-state index in [1.165, 1.54) is 5.56 Å². The fraction of sp³-hybridized carbons (Fsp3) is 0.0556. The third-order valence-electron chi connectivity index (χ3n) is 3.48. The van der Waals surface area contributed by atoms with Crippen LogP contribution in [-0.4, -0.2) is 15.6 Å². The first-order valence-electron chi connectivity index (χ1n) is 6.74. The minimum atomic E-state index is -0.917. The first kappa shape index (κ1) is 13.2. The first-order valence-corrected chi connectivity index (χ1v) is 6.74. The van der Waals surface area contributed by atoms with Crippen LogP contribution in [0, 0.1) is 6.92 Å². The van der Waals surface area contributed by atoms with Gasteiger partial charge in [-0.05, 0) is 30.7 Å². The van der Waals surface area contributed by atoms with Crippen LogP contribution in [0.25, 0.3) is 16.9 Å². The van der Waals surface area contributed by atoms with Crippen molar-refractivity contribution in [2.24, 2.45) is 0 Å². The monoisotopic (exact) mass is 277 g/mol. The van der Waals surface area contributed by atoms with Crippen molar-refractivity contribution in [1.82, 2.24) is 4.57 Å². The van der Waals surface area contributed by atoms with E-state index in [2.05, 4.69) is 0 Å². The van der Waals surface area contributed by atoms with Gasteiger partial charge in [-0.1, -0.05) is 48.0 Å². The molecule has 0 aliphatic heterocycles. The Morgan fingerprint density at radius 1 is 0.952 bits per heavy atom. The van der Waals surface area contributed by atoms with Gasteiger partial charge in [0.25, 0.3) is 0 Å². The molecule has 1 heterocycles. The molecule has 3 rings (SSSR count). The lowest BCUT2D eigenvalue weighted by Crippen LogP contribution is -2.01. The summed E-state index contributed by atoms with van der Waals surface area (Å²) in [4.78, 5) is 11.5. The zero-order chi connectivity index (χ0) is 14.8. The Morgan fingerprint density at radius 3 is 2.24 bits per heavy atom. The number of rotatable bonds is 3. The molecule has 104 valence electrons.